The zero-order chi connectivity index (χ0) is 16.9. The predicted octanol–water partition coefficient (Wildman–Crippen LogP) is 2.37. The summed E-state index contributed by atoms with van der Waals surface area (Å²) in [7, 11) is 0. The average molecular weight is 329 g/mol. The second-order valence-corrected chi connectivity index (χ2v) is 6.31. The Morgan fingerprint density at radius 3 is 2.67 bits per heavy atom. The molecule has 0 radical (unpaired) electrons. The van der Waals surface area contributed by atoms with E-state index in [4.69, 9.17) is 10.5 Å². The van der Waals surface area contributed by atoms with E-state index >= 15 is 0 Å². The molecule has 128 valence electrons. The molecule has 1 aliphatic rings. The summed E-state index contributed by atoms with van der Waals surface area (Å²) < 4.78 is 7.15. The second-order valence-electron chi connectivity index (χ2n) is 6.31. The summed E-state index contributed by atoms with van der Waals surface area (Å²) in [5, 5.41) is 1.27. The normalized spacial score (nSPS) is 15.6. The van der Waals surface area contributed by atoms with Crippen LogP contribution in [0.2, 0.25) is 0 Å². The number of piperidine rings is 1. The Hall–Kier alpha value is -2.50. The highest BCUT2D eigenvalue weighted by Crippen LogP contribution is 2.23. The number of primary amides is 1. The summed E-state index contributed by atoms with van der Waals surface area (Å²) in [4.78, 5) is 24.1. The molecule has 0 unspecified atom stereocenters. The highest BCUT2D eigenvalue weighted by molar-refractivity contribution is 5.80. The number of ether oxygens (including phenoxy) is 1. The van der Waals surface area contributed by atoms with Gasteiger partial charge in [0, 0.05) is 31.3 Å². The number of nitrogens with two attached hydrogens (primary N) is 1. The smallest absolute Gasteiger partial charge is 0.410 e. The molecule has 1 aromatic heterocycles. The van der Waals surface area contributed by atoms with Gasteiger partial charge in [-0.25, -0.2) is 4.79 Å². The van der Waals surface area contributed by atoms with Crippen molar-refractivity contribution in [2.24, 2.45) is 11.7 Å². The lowest BCUT2D eigenvalue weighted by molar-refractivity contribution is -0.121. The number of amides is 2. The van der Waals surface area contributed by atoms with E-state index < -0.39 is 12.0 Å². The number of carbonyl (C=O) groups is 2. The Bertz CT molecular complexity index is 717. The molecule has 0 bridgehead atoms. The summed E-state index contributed by atoms with van der Waals surface area (Å²) in [5.41, 5.74) is 6.25. The number of aryl methyl sites for hydroxylation is 1. The molecule has 2 amide bonds. The van der Waals surface area contributed by atoms with Crippen molar-refractivity contribution in [2.75, 3.05) is 19.7 Å². The molecule has 0 aliphatic carbocycles. The number of hydrogen-bond donors (Lipinski definition) is 1. The van der Waals surface area contributed by atoms with Crippen LogP contribution in [0.3, 0.4) is 0 Å². The van der Waals surface area contributed by atoms with Gasteiger partial charge in [0.05, 0.1) is 0 Å². The highest BCUT2D eigenvalue weighted by atomic mass is 16.6. The number of hydrogen-bond acceptors (Lipinski definition) is 3. The number of rotatable bonds is 5. The first kappa shape index (κ1) is 16.4. The van der Waals surface area contributed by atoms with Gasteiger partial charge in [0.2, 0.25) is 0 Å². The van der Waals surface area contributed by atoms with E-state index in [0.717, 1.165) is 25.8 Å². The van der Waals surface area contributed by atoms with E-state index in [1.807, 2.05) is 0 Å². The van der Waals surface area contributed by atoms with Crippen LogP contribution in [0.5, 0.6) is 0 Å². The van der Waals surface area contributed by atoms with Gasteiger partial charge in [-0.2, -0.15) is 0 Å². The van der Waals surface area contributed by atoms with Gasteiger partial charge >= 0.3 is 6.09 Å². The lowest BCUT2D eigenvalue weighted by Gasteiger charge is -2.31. The molecule has 2 aromatic rings. The molecule has 2 heterocycles. The van der Waals surface area contributed by atoms with Crippen molar-refractivity contribution in [1.82, 2.24) is 9.47 Å². The van der Waals surface area contributed by atoms with E-state index in [-0.39, 0.29) is 6.61 Å². The minimum Gasteiger partial charge on any atom is -0.439 e. The fourth-order valence-corrected chi connectivity index (χ4v) is 3.29. The quantitative estimate of drug-likeness (QED) is 0.915. The van der Waals surface area contributed by atoms with Crippen LogP contribution in [0.1, 0.15) is 19.3 Å². The molecule has 24 heavy (non-hydrogen) atoms. The van der Waals surface area contributed by atoms with Gasteiger partial charge in [-0.15, -0.1) is 0 Å². The Balaban J connectivity index is 1.46. The van der Waals surface area contributed by atoms with Crippen molar-refractivity contribution in [3.63, 3.8) is 0 Å². The molecule has 1 aromatic carbocycles. The maximum absolute atomic E-state index is 11.8. The zero-order valence-corrected chi connectivity index (χ0v) is 13.7. The molecule has 0 saturated carbocycles. The minimum absolute atomic E-state index is 0.348. The lowest BCUT2D eigenvalue weighted by Crippen LogP contribution is -2.40. The fraction of sp³-hybridized carbons (Fsp3) is 0.444. The third kappa shape index (κ3) is 3.88. The van der Waals surface area contributed by atoms with Gasteiger partial charge in [-0.1, -0.05) is 18.2 Å². The van der Waals surface area contributed by atoms with Crippen LogP contribution in [-0.4, -0.2) is 41.2 Å². The number of nitrogens with zero attached hydrogens (tertiary/aromatic N) is 2. The average Bonchev–Trinajstić information content (AvgIpc) is 3.01. The van der Waals surface area contributed by atoms with E-state index in [2.05, 4.69) is 41.1 Å². The van der Waals surface area contributed by atoms with E-state index in [0.29, 0.717) is 19.0 Å². The van der Waals surface area contributed by atoms with Crippen LogP contribution in [0.25, 0.3) is 10.9 Å². The topological polar surface area (TPSA) is 77.6 Å². The Morgan fingerprint density at radius 1 is 1.17 bits per heavy atom. The molecule has 3 rings (SSSR count). The maximum Gasteiger partial charge on any atom is 0.410 e. The van der Waals surface area contributed by atoms with E-state index in [1.54, 1.807) is 4.90 Å². The number of aromatic nitrogens is 1. The summed E-state index contributed by atoms with van der Waals surface area (Å²) in [5.74, 6) is -0.0245. The SMILES string of the molecule is NC(=O)COC(=O)N1CCC(CCn2ccc3ccccc32)CC1. The van der Waals surface area contributed by atoms with Crippen molar-refractivity contribution >= 4 is 22.9 Å². The first-order valence-corrected chi connectivity index (χ1v) is 8.37. The number of benzene rings is 1. The molecular weight excluding hydrogens is 306 g/mol. The first-order chi connectivity index (χ1) is 11.6. The fourth-order valence-electron chi connectivity index (χ4n) is 3.29. The summed E-state index contributed by atoms with van der Waals surface area (Å²) >= 11 is 0. The number of para-hydroxylation sites is 1. The van der Waals surface area contributed by atoms with Crippen LogP contribution in [0, 0.1) is 5.92 Å². The van der Waals surface area contributed by atoms with E-state index in [1.165, 1.54) is 10.9 Å². The zero-order valence-electron chi connectivity index (χ0n) is 13.7. The monoisotopic (exact) mass is 329 g/mol. The van der Waals surface area contributed by atoms with Crippen LogP contribution < -0.4 is 5.73 Å². The maximum atomic E-state index is 11.8. The van der Waals surface area contributed by atoms with Gasteiger partial charge in [-0.05, 0) is 42.7 Å². The van der Waals surface area contributed by atoms with Gasteiger partial charge in [0.15, 0.2) is 6.61 Å². The van der Waals surface area contributed by atoms with Crippen LogP contribution >= 0.6 is 0 Å². The van der Waals surface area contributed by atoms with E-state index in [9.17, 15) is 9.59 Å². The molecule has 1 aliphatic heterocycles. The van der Waals surface area contributed by atoms with Crippen molar-refractivity contribution in [3.8, 4) is 0 Å². The third-order valence-electron chi connectivity index (χ3n) is 4.67. The van der Waals surface area contributed by atoms with Gasteiger partial charge in [-0.3, -0.25) is 4.79 Å². The molecule has 0 atom stereocenters. The second kappa shape index (κ2) is 7.38. The molecule has 2 N–H and O–H groups in total. The lowest BCUT2D eigenvalue weighted by atomic mass is 9.94. The van der Waals surface area contributed by atoms with Crippen LogP contribution in [0.4, 0.5) is 4.79 Å². The largest absolute Gasteiger partial charge is 0.439 e. The highest BCUT2D eigenvalue weighted by Gasteiger charge is 2.24. The van der Waals surface area contributed by atoms with Gasteiger partial charge in [0.1, 0.15) is 0 Å². The van der Waals surface area contributed by atoms with Crippen molar-refractivity contribution in [1.29, 1.82) is 0 Å². The number of carbonyl (C=O) groups excluding carboxylic acids is 2. The molecule has 6 heteroatoms. The van der Waals surface area contributed by atoms with Gasteiger partial charge in [0.25, 0.3) is 5.91 Å². The van der Waals surface area contributed by atoms with Crippen LogP contribution in [-0.2, 0) is 16.1 Å². The minimum atomic E-state index is -0.628. The Morgan fingerprint density at radius 2 is 1.92 bits per heavy atom. The Labute approximate surface area is 141 Å². The van der Waals surface area contributed by atoms with Crippen molar-refractivity contribution in [3.05, 3.63) is 36.5 Å². The van der Waals surface area contributed by atoms with Crippen molar-refractivity contribution < 1.29 is 14.3 Å². The van der Waals surface area contributed by atoms with Crippen molar-refractivity contribution in [2.45, 2.75) is 25.8 Å². The van der Waals surface area contributed by atoms with Crippen LogP contribution in [0.15, 0.2) is 36.5 Å². The summed E-state index contributed by atoms with van der Waals surface area (Å²) in [6, 6.07) is 10.5. The third-order valence-corrected chi connectivity index (χ3v) is 4.67. The van der Waals surface area contributed by atoms with Gasteiger partial charge < -0.3 is 19.9 Å². The Kier molecular flexibility index (Phi) is 5.03. The standard InChI is InChI=1S/C18H23N3O3/c19-17(22)13-24-18(23)21-10-6-14(7-11-21)5-9-20-12-8-15-3-1-2-4-16(15)20/h1-4,8,12,14H,5-7,9-11,13H2,(H2,19,22). The summed E-state index contributed by atoms with van der Waals surface area (Å²) in [6.45, 7) is 1.99. The molecule has 0 spiro atoms. The molecule has 1 saturated heterocycles. The molecular formula is C18H23N3O3. The summed E-state index contributed by atoms with van der Waals surface area (Å²) in [6.07, 6.45) is 4.73. The first-order valence-electron chi connectivity index (χ1n) is 8.37. The molecule has 1 fully saturated rings. The number of likely N-dealkylation sites (tertiary alicyclic amines) is 1. The number of fused-ring (bicyclic) bond motifs is 1. The predicted molar refractivity (Wildman–Crippen MR) is 91.4 cm³/mol. The molecule has 6 nitrogen and oxygen atoms in total.